The van der Waals surface area contributed by atoms with Gasteiger partial charge in [0.2, 0.25) is 0 Å². The lowest BCUT2D eigenvalue weighted by atomic mass is 10.1. The van der Waals surface area contributed by atoms with Gasteiger partial charge in [0, 0.05) is 51.9 Å². The average molecular weight is 319 g/mol. The summed E-state index contributed by atoms with van der Waals surface area (Å²) in [6.45, 7) is 7.01. The second-order valence-electron chi connectivity index (χ2n) is 6.21. The molecule has 2 aliphatic rings. The number of nitrogens with zero attached hydrogens (tertiary/aromatic N) is 2. The maximum Gasteiger partial charge on any atom is 0.321 e. The predicted molar refractivity (Wildman–Crippen MR) is 89.1 cm³/mol. The molecule has 1 N–H and O–H groups in total. The van der Waals surface area contributed by atoms with Crippen molar-refractivity contribution in [3.05, 3.63) is 23.8 Å². The van der Waals surface area contributed by atoms with Gasteiger partial charge >= 0.3 is 6.03 Å². The van der Waals surface area contributed by atoms with Crippen LogP contribution in [0.25, 0.3) is 0 Å². The Balaban J connectivity index is 1.51. The molecule has 126 valence electrons. The van der Waals surface area contributed by atoms with E-state index in [1.807, 2.05) is 23.1 Å². The SMILES string of the molecule is COCCN1CCN(C(=O)Nc2ccc3c(c2)C[C@H](C)O3)CC1. The van der Waals surface area contributed by atoms with E-state index in [9.17, 15) is 4.79 Å². The standard InChI is InChI=1S/C17H25N3O3/c1-13-11-14-12-15(3-4-16(14)23-13)18-17(21)20-7-5-19(6-8-20)9-10-22-2/h3-4,12-13H,5-11H2,1-2H3,(H,18,21)/t13-/m0/s1. The highest BCUT2D eigenvalue weighted by Gasteiger charge is 2.22. The molecule has 1 atom stereocenters. The number of methoxy groups -OCH3 is 1. The number of carbonyl (C=O) groups excluding carboxylic acids is 1. The highest BCUT2D eigenvalue weighted by atomic mass is 16.5. The van der Waals surface area contributed by atoms with Crippen LogP contribution in [-0.4, -0.2) is 68.4 Å². The summed E-state index contributed by atoms with van der Waals surface area (Å²) in [4.78, 5) is 16.6. The second kappa shape index (κ2) is 7.19. The normalized spacial score (nSPS) is 21.0. The minimum absolute atomic E-state index is 0.0247. The van der Waals surface area contributed by atoms with E-state index in [2.05, 4.69) is 17.1 Å². The fourth-order valence-corrected chi connectivity index (χ4v) is 3.10. The Bertz CT molecular complexity index is 556. The Morgan fingerprint density at radius 3 is 2.87 bits per heavy atom. The number of hydrogen-bond donors (Lipinski definition) is 1. The zero-order valence-corrected chi connectivity index (χ0v) is 13.9. The molecule has 2 aliphatic heterocycles. The molecule has 2 heterocycles. The van der Waals surface area contributed by atoms with Crippen LogP contribution >= 0.6 is 0 Å². The van der Waals surface area contributed by atoms with Crippen LogP contribution in [0.4, 0.5) is 10.5 Å². The van der Waals surface area contributed by atoms with Gasteiger partial charge in [-0.3, -0.25) is 4.90 Å². The second-order valence-corrected chi connectivity index (χ2v) is 6.21. The Morgan fingerprint density at radius 2 is 2.13 bits per heavy atom. The average Bonchev–Trinajstić information content (AvgIpc) is 2.92. The first kappa shape index (κ1) is 16.1. The van der Waals surface area contributed by atoms with E-state index in [-0.39, 0.29) is 12.1 Å². The summed E-state index contributed by atoms with van der Waals surface area (Å²) in [5, 5.41) is 3.00. The first-order valence-electron chi connectivity index (χ1n) is 8.22. The number of carbonyl (C=O) groups is 1. The van der Waals surface area contributed by atoms with Gasteiger partial charge in [-0.05, 0) is 30.7 Å². The third-order valence-electron chi connectivity index (χ3n) is 4.42. The molecule has 0 aromatic heterocycles. The molecule has 0 aliphatic carbocycles. The molecule has 0 bridgehead atoms. The van der Waals surface area contributed by atoms with Crippen LogP contribution in [-0.2, 0) is 11.2 Å². The van der Waals surface area contributed by atoms with Crippen molar-refractivity contribution in [1.82, 2.24) is 9.80 Å². The summed E-state index contributed by atoms with van der Waals surface area (Å²) in [6.07, 6.45) is 1.12. The summed E-state index contributed by atoms with van der Waals surface area (Å²) >= 11 is 0. The van der Waals surface area contributed by atoms with Crippen molar-refractivity contribution in [2.24, 2.45) is 0 Å². The maximum atomic E-state index is 12.4. The third-order valence-corrected chi connectivity index (χ3v) is 4.42. The molecule has 0 saturated carbocycles. The van der Waals surface area contributed by atoms with Gasteiger partial charge in [-0.25, -0.2) is 4.79 Å². The third kappa shape index (κ3) is 3.95. The number of benzene rings is 1. The summed E-state index contributed by atoms with van der Waals surface area (Å²) in [7, 11) is 1.71. The van der Waals surface area contributed by atoms with Crippen molar-refractivity contribution < 1.29 is 14.3 Å². The van der Waals surface area contributed by atoms with Crippen LogP contribution in [0.5, 0.6) is 5.75 Å². The lowest BCUT2D eigenvalue weighted by Crippen LogP contribution is -2.50. The molecule has 0 spiro atoms. The lowest BCUT2D eigenvalue weighted by Gasteiger charge is -2.34. The molecule has 2 amide bonds. The van der Waals surface area contributed by atoms with Gasteiger partial charge in [-0.15, -0.1) is 0 Å². The van der Waals surface area contributed by atoms with Gasteiger partial charge in [0.25, 0.3) is 0 Å². The largest absolute Gasteiger partial charge is 0.490 e. The van der Waals surface area contributed by atoms with Gasteiger partial charge < -0.3 is 19.7 Å². The molecule has 3 rings (SSSR count). The van der Waals surface area contributed by atoms with Crippen molar-refractivity contribution in [2.45, 2.75) is 19.4 Å². The number of fused-ring (bicyclic) bond motifs is 1. The van der Waals surface area contributed by atoms with Crippen molar-refractivity contribution in [2.75, 3.05) is 51.8 Å². The number of amides is 2. The van der Waals surface area contributed by atoms with E-state index in [1.165, 1.54) is 5.56 Å². The van der Waals surface area contributed by atoms with Crippen LogP contribution < -0.4 is 10.1 Å². The molecule has 6 nitrogen and oxygen atoms in total. The molecular weight excluding hydrogens is 294 g/mol. The van der Waals surface area contributed by atoms with Crippen molar-refractivity contribution in [1.29, 1.82) is 0 Å². The van der Waals surface area contributed by atoms with Crippen LogP contribution in [0.3, 0.4) is 0 Å². The highest BCUT2D eigenvalue weighted by Crippen LogP contribution is 2.31. The number of ether oxygens (including phenoxy) is 2. The molecular formula is C17H25N3O3. The first-order valence-corrected chi connectivity index (χ1v) is 8.22. The van der Waals surface area contributed by atoms with Gasteiger partial charge in [-0.1, -0.05) is 0 Å². The van der Waals surface area contributed by atoms with Gasteiger partial charge in [0.1, 0.15) is 11.9 Å². The van der Waals surface area contributed by atoms with E-state index >= 15 is 0 Å². The molecule has 0 radical (unpaired) electrons. The molecule has 1 aromatic rings. The quantitative estimate of drug-likeness (QED) is 0.919. The van der Waals surface area contributed by atoms with E-state index in [4.69, 9.17) is 9.47 Å². The fraction of sp³-hybridized carbons (Fsp3) is 0.588. The topological polar surface area (TPSA) is 54.0 Å². The molecule has 1 fully saturated rings. The van der Waals surface area contributed by atoms with E-state index in [0.717, 1.165) is 57.2 Å². The number of rotatable bonds is 4. The summed E-state index contributed by atoms with van der Waals surface area (Å²) in [5.74, 6) is 0.933. The van der Waals surface area contributed by atoms with Crippen molar-refractivity contribution in [3.63, 3.8) is 0 Å². The van der Waals surface area contributed by atoms with Crippen LogP contribution in [0, 0.1) is 0 Å². The molecule has 23 heavy (non-hydrogen) atoms. The Morgan fingerprint density at radius 1 is 1.35 bits per heavy atom. The predicted octanol–water partition coefficient (Wildman–Crippen LogP) is 1.81. The number of urea groups is 1. The van der Waals surface area contributed by atoms with Gasteiger partial charge in [0.05, 0.1) is 6.61 Å². The zero-order chi connectivity index (χ0) is 16.2. The summed E-state index contributed by atoms with van der Waals surface area (Å²) in [6, 6.07) is 5.84. The van der Waals surface area contributed by atoms with Gasteiger partial charge in [0.15, 0.2) is 0 Å². The Labute approximate surface area is 137 Å². The van der Waals surface area contributed by atoms with E-state index in [1.54, 1.807) is 7.11 Å². The van der Waals surface area contributed by atoms with Crippen LogP contribution in [0.2, 0.25) is 0 Å². The fourth-order valence-electron chi connectivity index (χ4n) is 3.10. The minimum atomic E-state index is -0.0247. The molecule has 6 heteroatoms. The smallest absolute Gasteiger partial charge is 0.321 e. The number of hydrogen-bond acceptors (Lipinski definition) is 4. The first-order chi connectivity index (χ1) is 11.2. The molecule has 1 saturated heterocycles. The zero-order valence-electron chi connectivity index (χ0n) is 13.9. The lowest BCUT2D eigenvalue weighted by molar-refractivity contribution is 0.109. The monoisotopic (exact) mass is 319 g/mol. The Kier molecular flexibility index (Phi) is 5.03. The Hall–Kier alpha value is -1.79. The van der Waals surface area contributed by atoms with Crippen LogP contribution in [0.1, 0.15) is 12.5 Å². The summed E-state index contributed by atoms with van der Waals surface area (Å²) < 4.78 is 10.8. The van der Waals surface area contributed by atoms with E-state index < -0.39 is 0 Å². The summed E-state index contributed by atoms with van der Waals surface area (Å²) in [5.41, 5.74) is 2.01. The van der Waals surface area contributed by atoms with E-state index in [0.29, 0.717) is 0 Å². The van der Waals surface area contributed by atoms with Crippen molar-refractivity contribution >= 4 is 11.7 Å². The number of nitrogens with one attached hydrogen (secondary N) is 1. The maximum absolute atomic E-state index is 12.4. The number of anilines is 1. The van der Waals surface area contributed by atoms with Gasteiger partial charge in [-0.2, -0.15) is 0 Å². The highest BCUT2D eigenvalue weighted by molar-refractivity contribution is 5.89. The minimum Gasteiger partial charge on any atom is -0.490 e. The molecule has 0 unspecified atom stereocenters. The number of piperazine rings is 1. The molecule has 1 aromatic carbocycles. The van der Waals surface area contributed by atoms with Crippen LogP contribution in [0.15, 0.2) is 18.2 Å². The van der Waals surface area contributed by atoms with Crippen molar-refractivity contribution in [3.8, 4) is 5.75 Å².